The topological polar surface area (TPSA) is 105 Å². The van der Waals surface area contributed by atoms with Crippen molar-refractivity contribution in [1.82, 2.24) is 10.2 Å². The van der Waals surface area contributed by atoms with Crippen LogP contribution < -0.4 is 19.1 Å². The molecule has 3 aromatic carbocycles. The van der Waals surface area contributed by atoms with Crippen LogP contribution in [-0.4, -0.2) is 56.3 Å². The second-order valence-corrected chi connectivity index (χ2v) is 14.2. The maximum atomic E-state index is 14.4. The number of hydrogen-bond donors (Lipinski definition) is 1. The van der Waals surface area contributed by atoms with Gasteiger partial charge in [-0.3, -0.25) is 13.9 Å². The van der Waals surface area contributed by atoms with Gasteiger partial charge < -0.3 is 19.7 Å². The Morgan fingerprint density at radius 3 is 2.39 bits per heavy atom. The summed E-state index contributed by atoms with van der Waals surface area (Å²) in [4.78, 5) is 30.0. The fourth-order valence-electron chi connectivity index (χ4n) is 5.69. The lowest BCUT2D eigenvalue weighted by molar-refractivity contribution is -0.140. The predicted octanol–water partition coefficient (Wildman–Crippen LogP) is 5.42. The molecule has 5 rings (SSSR count). The first-order valence-corrected chi connectivity index (χ1v) is 17.4. The highest BCUT2D eigenvalue weighted by molar-refractivity contribution is 9.10. The molecule has 0 spiro atoms. The van der Waals surface area contributed by atoms with Crippen LogP contribution in [0.3, 0.4) is 0 Å². The fourth-order valence-corrected chi connectivity index (χ4v) is 7.19. The van der Waals surface area contributed by atoms with Crippen LogP contribution in [0.1, 0.15) is 50.2 Å². The van der Waals surface area contributed by atoms with Gasteiger partial charge in [0.2, 0.25) is 28.6 Å². The van der Waals surface area contributed by atoms with Crippen LogP contribution in [0.15, 0.2) is 77.3 Å². The summed E-state index contributed by atoms with van der Waals surface area (Å²) in [7, 11) is -3.89. The maximum Gasteiger partial charge on any atom is 0.244 e. The lowest BCUT2D eigenvalue weighted by Crippen LogP contribution is -2.55. The number of nitrogens with one attached hydrogen (secondary N) is 1. The highest BCUT2D eigenvalue weighted by Gasteiger charge is 2.35. The van der Waals surface area contributed by atoms with E-state index in [-0.39, 0.29) is 43.1 Å². The third kappa shape index (κ3) is 7.92. The van der Waals surface area contributed by atoms with Gasteiger partial charge in [-0.25, -0.2) is 8.42 Å². The molecular formula is C33H38BrN3O6S. The van der Waals surface area contributed by atoms with Gasteiger partial charge in [0, 0.05) is 29.5 Å². The summed E-state index contributed by atoms with van der Waals surface area (Å²) in [6, 6.07) is 21.1. The summed E-state index contributed by atoms with van der Waals surface area (Å²) in [5.41, 5.74) is 2.00. The largest absolute Gasteiger partial charge is 0.454 e. The Morgan fingerprint density at radius 2 is 1.66 bits per heavy atom. The Morgan fingerprint density at radius 1 is 0.932 bits per heavy atom. The number of anilines is 1. The summed E-state index contributed by atoms with van der Waals surface area (Å²) < 4.78 is 39.7. The SMILES string of the molecule is CCS(=O)(=O)N(CC(=O)N(Cc1cccc(Br)c1)[C@H](Cc1ccccc1)C(=O)NC1CCCCC1)c1ccc2c(c1)OCO2. The van der Waals surface area contributed by atoms with E-state index in [0.29, 0.717) is 11.5 Å². The standard InChI is InChI=1S/C33H38BrN3O6S/c1-2-44(40,41)37(28-16-17-30-31(20-28)43-23-42-30)22-32(38)36(21-25-12-9-13-26(34)18-25)29(19-24-10-5-3-6-11-24)33(39)35-27-14-7-4-8-15-27/h3,5-6,9-13,16-18,20,27,29H,2,4,7-8,14-15,19,21-23H2,1H3,(H,35,39)/t29-/m1/s1. The number of amides is 2. The normalized spacial score (nSPS) is 15.4. The predicted molar refractivity (Wildman–Crippen MR) is 173 cm³/mol. The van der Waals surface area contributed by atoms with Gasteiger partial charge in [0.1, 0.15) is 12.6 Å². The van der Waals surface area contributed by atoms with Crippen molar-refractivity contribution in [3.8, 4) is 11.5 Å². The average molecular weight is 685 g/mol. The Hall–Kier alpha value is -3.57. The minimum atomic E-state index is -3.89. The lowest BCUT2D eigenvalue weighted by Gasteiger charge is -2.35. The van der Waals surface area contributed by atoms with E-state index in [0.717, 1.165) is 52.0 Å². The molecule has 2 amide bonds. The van der Waals surface area contributed by atoms with Crippen LogP contribution in [0.4, 0.5) is 5.69 Å². The van der Waals surface area contributed by atoms with Crippen molar-refractivity contribution in [2.75, 3.05) is 23.4 Å². The van der Waals surface area contributed by atoms with Gasteiger partial charge in [-0.1, -0.05) is 77.7 Å². The number of benzene rings is 3. The second-order valence-electron chi connectivity index (χ2n) is 11.1. The zero-order chi connectivity index (χ0) is 31.1. The quantitative estimate of drug-likeness (QED) is 0.273. The molecule has 9 nitrogen and oxygen atoms in total. The number of hydrogen-bond acceptors (Lipinski definition) is 6. The second kappa shape index (κ2) is 14.5. The molecule has 0 unspecified atom stereocenters. The summed E-state index contributed by atoms with van der Waals surface area (Å²) in [5, 5.41) is 3.22. The van der Waals surface area contributed by atoms with Crippen LogP contribution in [0.2, 0.25) is 0 Å². The summed E-state index contributed by atoms with van der Waals surface area (Å²) in [6.07, 6.45) is 5.33. The van der Waals surface area contributed by atoms with E-state index >= 15 is 0 Å². The van der Waals surface area contributed by atoms with Gasteiger partial charge in [0.05, 0.1) is 11.4 Å². The first kappa shape index (κ1) is 31.8. The van der Waals surface area contributed by atoms with Crippen LogP contribution in [0, 0.1) is 0 Å². The Bertz CT molecular complexity index is 1560. The van der Waals surface area contributed by atoms with Gasteiger partial charge in [0.15, 0.2) is 11.5 Å². The van der Waals surface area contributed by atoms with Crippen LogP contribution >= 0.6 is 15.9 Å². The smallest absolute Gasteiger partial charge is 0.244 e. The Kier molecular flexibility index (Phi) is 10.5. The highest BCUT2D eigenvalue weighted by Crippen LogP contribution is 2.36. The number of carbonyl (C=O) groups excluding carboxylic acids is 2. The lowest BCUT2D eigenvalue weighted by atomic mass is 9.94. The van der Waals surface area contributed by atoms with Gasteiger partial charge in [-0.2, -0.15) is 0 Å². The van der Waals surface area contributed by atoms with Crippen LogP contribution in [0.5, 0.6) is 11.5 Å². The molecule has 0 radical (unpaired) electrons. The van der Waals surface area contributed by atoms with Crippen molar-refractivity contribution in [3.63, 3.8) is 0 Å². The van der Waals surface area contributed by atoms with Gasteiger partial charge in [0.25, 0.3) is 0 Å². The van der Waals surface area contributed by atoms with Crippen molar-refractivity contribution < 1.29 is 27.5 Å². The number of sulfonamides is 1. The number of nitrogens with zero attached hydrogens (tertiary/aromatic N) is 2. The zero-order valence-electron chi connectivity index (χ0n) is 24.8. The number of fused-ring (bicyclic) bond motifs is 1. The van der Waals surface area contributed by atoms with Crippen molar-refractivity contribution in [2.45, 2.75) is 64.1 Å². The molecule has 3 aromatic rings. The number of ether oxygens (including phenoxy) is 2. The first-order chi connectivity index (χ1) is 21.2. The van der Waals surface area contributed by atoms with Crippen molar-refractivity contribution in [2.24, 2.45) is 0 Å². The van der Waals surface area contributed by atoms with Crippen molar-refractivity contribution in [3.05, 3.63) is 88.4 Å². The molecule has 0 aromatic heterocycles. The molecule has 1 saturated carbocycles. The third-order valence-corrected chi connectivity index (χ3v) is 10.3. The summed E-state index contributed by atoms with van der Waals surface area (Å²) in [5.74, 6) is -0.0225. The molecule has 2 aliphatic rings. The van der Waals surface area contributed by atoms with Crippen molar-refractivity contribution in [1.29, 1.82) is 0 Å². The molecule has 1 atom stereocenters. The van der Waals surface area contributed by atoms with E-state index in [2.05, 4.69) is 21.2 Å². The van der Waals surface area contributed by atoms with Crippen LogP contribution in [-0.2, 0) is 32.6 Å². The van der Waals surface area contributed by atoms with Gasteiger partial charge in [-0.05, 0) is 55.2 Å². The molecule has 1 aliphatic heterocycles. The fraction of sp³-hybridized carbons (Fsp3) is 0.394. The Labute approximate surface area is 267 Å². The third-order valence-electron chi connectivity index (χ3n) is 8.09. The van der Waals surface area contributed by atoms with Crippen molar-refractivity contribution >= 4 is 43.5 Å². The average Bonchev–Trinajstić information content (AvgIpc) is 3.50. The van der Waals surface area contributed by atoms with E-state index < -0.39 is 28.5 Å². The van der Waals surface area contributed by atoms with E-state index in [1.807, 2.05) is 54.6 Å². The van der Waals surface area contributed by atoms with E-state index in [4.69, 9.17) is 9.47 Å². The molecule has 11 heteroatoms. The molecule has 234 valence electrons. The number of carbonyl (C=O) groups is 2. The molecule has 0 saturated heterocycles. The molecular weight excluding hydrogens is 646 g/mol. The summed E-state index contributed by atoms with van der Waals surface area (Å²) in [6.45, 7) is 1.21. The molecule has 1 heterocycles. The molecule has 44 heavy (non-hydrogen) atoms. The molecule has 1 aliphatic carbocycles. The molecule has 1 N–H and O–H groups in total. The highest BCUT2D eigenvalue weighted by atomic mass is 79.9. The molecule has 1 fully saturated rings. The number of halogens is 1. The minimum absolute atomic E-state index is 0.0376. The van der Waals surface area contributed by atoms with E-state index in [1.165, 1.54) is 11.8 Å². The van der Waals surface area contributed by atoms with Gasteiger partial charge in [-0.15, -0.1) is 0 Å². The molecule has 0 bridgehead atoms. The minimum Gasteiger partial charge on any atom is -0.454 e. The van der Waals surface area contributed by atoms with Crippen LogP contribution in [0.25, 0.3) is 0 Å². The zero-order valence-corrected chi connectivity index (χ0v) is 27.2. The Balaban J connectivity index is 1.51. The van der Waals surface area contributed by atoms with E-state index in [9.17, 15) is 18.0 Å². The van der Waals surface area contributed by atoms with E-state index in [1.54, 1.807) is 18.2 Å². The number of rotatable bonds is 12. The first-order valence-electron chi connectivity index (χ1n) is 15.0. The van der Waals surface area contributed by atoms with Gasteiger partial charge >= 0.3 is 0 Å². The summed E-state index contributed by atoms with van der Waals surface area (Å²) >= 11 is 3.51. The monoisotopic (exact) mass is 683 g/mol. The maximum absolute atomic E-state index is 14.4.